The quantitative estimate of drug-likeness (QED) is 0.833. The van der Waals surface area contributed by atoms with Crippen LogP contribution in [0.5, 0.6) is 0 Å². The number of para-hydroxylation sites is 1. The molecule has 0 atom stereocenters. The average molecular weight is 230 g/mol. The van der Waals surface area contributed by atoms with E-state index in [9.17, 15) is 4.79 Å². The zero-order chi connectivity index (χ0) is 12.3. The normalized spacial score (nSPS) is 10.7. The second kappa shape index (κ2) is 5.04. The van der Waals surface area contributed by atoms with Crippen molar-refractivity contribution in [3.05, 3.63) is 35.5 Å². The summed E-state index contributed by atoms with van der Waals surface area (Å²) in [6.45, 7) is 4.65. The van der Waals surface area contributed by atoms with Gasteiger partial charge in [-0.15, -0.1) is 0 Å². The fourth-order valence-corrected chi connectivity index (χ4v) is 2.11. The maximum absolute atomic E-state index is 11.2. The molecule has 0 aliphatic heterocycles. The fraction of sp³-hybridized carbons (Fsp3) is 0.357. The lowest BCUT2D eigenvalue weighted by atomic mass is 10.1. The van der Waals surface area contributed by atoms with Gasteiger partial charge in [-0.2, -0.15) is 0 Å². The van der Waals surface area contributed by atoms with Gasteiger partial charge in [-0.3, -0.25) is 4.79 Å². The first-order valence-electron chi connectivity index (χ1n) is 6.05. The number of rotatable bonds is 4. The Morgan fingerprint density at radius 1 is 1.35 bits per heavy atom. The zero-order valence-corrected chi connectivity index (χ0v) is 10.3. The number of H-pyrrole nitrogens is 1. The molecule has 3 heteroatoms. The monoisotopic (exact) mass is 230 g/mol. The Morgan fingerprint density at radius 3 is 2.88 bits per heavy atom. The third kappa shape index (κ3) is 2.49. The molecule has 17 heavy (non-hydrogen) atoms. The number of amides is 1. The molecule has 1 aromatic carbocycles. The van der Waals surface area contributed by atoms with Crippen LogP contribution in [0.25, 0.3) is 10.9 Å². The number of nitrogens with one attached hydrogen (secondary N) is 2. The van der Waals surface area contributed by atoms with Crippen molar-refractivity contribution in [1.82, 2.24) is 10.3 Å². The molecule has 0 unspecified atom stereocenters. The van der Waals surface area contributed by atoms with Crippen LogP contribution < -0.4 is 5.32 Å². The lowest BCUT2D eigenvalue weighted by molar-refractivity contribution is -0.120. The van der Waals surface area contributed by atoms with E-state index in [2.05, 4.69) is 29.4 Å². The van der Waals surface area contributed by atoms with E-state index in [4.69, 9.17) is 0 Å². The van der Waals surface area contributed by atoms with Crippen LogP contribution in [-0.4, -0.2) is 17.4 Å². The van der Waals surface area contributed by atoms with E-state index in [1.54, 1.807) is 0 Å². The van der Waals surface area contributed by atoms with Gasteiger partial charge in [-0.1, -0.05) is 25.1 Å². The van der Waals surface area contributed by atoms with Gasteiger partial charge in [0.05, 0.1) is 0 Å². The highest BCUT2D eigenvalue weighted by molar-refractivity contribution is 5.84. The Bertz CT molecular complexity index is 528. The molecule has 3 nitrogen and oxygen atoms in total. The van der Waals surface area contributed by atoms with Crippen molar-refractivity contribution in [3.8, 4) is 0 Å². The van der Waals surface area contributed by atoms with Gasteiger partial charge in [0.15, 0.2) is 0 Å². The molecule has 0 aliphatic carbocycles. The third-order valence-electron chi connectivity index (χ3n) is 3.05. The number of aryl methyl sites for hydroxylation is 1. The van der Waals surface area contributed by atoms with Crippen LogP contribution in [0.2, 0.25) is 0 Å². The molecule has 1 heterocycles. The van der Waals surface area contributed by atoms with Crippen LogP contribution in [0.1, 0.15) is 24.6 Å². The minimum Gasteiger partial charge on any atom is -0.358 e. The molecule has 2 aromatic rings. The number of carbonyl (C=O) groups excluding carboxylic acids is 1. The predicted octanol–water partition coefficient (Wildman–Crippen LogP) is 2.55. The molecule has 0 saturated carbocycles. The van der Waals surface area contributed by atoms with Gasteiger partial charge >= 0.3 is 0 Å². The highest BCUT2D eigenvalue weighted by Crippen LogP contribution is 2.21. The van der Waals surface area contributed by atoms with E-state index in [-0.39, 0.29) is 5.91 Å². The van der Waals surface area contributed by atoms with Crippen LogP contribution in [-0.2, 0) is 11.2 Å². The highest BCUT2D eigenvalue weighted by Gasteiger charge is 2.07. The molecule has 0 spiro atoms. The number of fused-ring (bicyclic) bond motifs is 1. The van der Waals surface area contributed by atoms with Crippen LogP contribution in [0.3, 0.4) is 0 Å². The highest BCUT2D eigenvalue weighted by atomic mass is 16.1. The van der Waals surface area contributed by atoms with Crippen LogP contribution in [0.4, 0.5) is 0 Å². The summed E-state index contributed by atoms with van der Waals surface area (Å²) in [5, 5.41) is 4.17. The van der Waals surface area contributed by atoms with Crippen molar-refractivity contribution in [1.29, 1.82) is 0 Å². The first kappa shape index (κ1) is 11.7. The smallest absolute Gasteiger partial charge is 0.219 e. The number of carbonyl (C=O) groups is 1. The van der Waals surface area contributed by atoms with Crippen molar-refractivity contribution in [2.24, 2.45) is 0 Å². The van der Waals surface area contributed by atoms with Crippen molar-refractivity contribution in [3.63, 3.8) is 0 Å². The minimum atomic E-state index is 0.113. The van der Waals surface area contributed by atoms with E-state index in [0.29, 0.717) is 13.0 Å². The molecule has 2 rings (SSSR count). The minimum absolute atomic E-state index is 0.113. The summed E-state index contributed by atoms with van der Waals surface area (Å²) in [7, 11) is 0. The maximum atomic E-state index is 11.2. The predicted molar refractivity (Wildman–Crippen MR) is 70.0 cm³/mol. The topological polar surface area (TPSA) is 44.9 Å². The number of hydrogen-bond donors (Lipinski definition) is 2. The van der Waals surface area contributed by atoms with Crippen LogP contribution in [0, 0.1) is 6.92 Å². The summed E-state index contributed by atoms with van der Waals surface area (Å²) in [5.74, 6) is 0.113. The van der Waals surface area contributed by atoms with Gasteiger partial charge in [-0.25, -0.2) is 0 Å². The molecule has 0 bridgehead atoms. The molecule has 1 aromatic heterocycles. The van der Waals surface area contributed by atoms with Crippen LogP contribution >= 0.6 is 0 Å². The van der Waals surface area contributed by atoms with E-state index >= 15 is 0 Å². The number of benzene rings is 1. The molecule has 0 saturated heterocycles. The van der Waals surface area contributed by atoms with Gasteiger partial charge in [0.1, 0.15) is 0 Å². The number of hydrogen-bond acceptors (Lipinski definition) is 1. The van der Waals surface area contributed by atoms with Gasteiger partial charge in [-0.05, 0) is 25.0 Å². The van der Waals surface area contributed by atoms with Gasteiger partial charge in [0, 0.05) is 29.6 Å². The third-order valence-corrected chi connectivity index (χ3v) is 3.05. The van der Waals surface area contributed by atoms with E-state index < -0.39 is 0 Å². The Hall–Kier alpha value is -1.77. The number of aromatic amines is 1. The SMILES string of the molecule is CCC(=O)NCCc1c(C)[nH]c2ccccc12. The van der Waals surface area contributed by atoms with Crippen molar-refractivity contribution >= 4 is 16.8 Å². The van der Waals surface area contributed by atoms with Gasteiger partial charge in [0.25, 0.3) is 0 Å². The first-order chi connectivity index (χ1) is 8.22. The largest absolute Gasteiger partial charge is 0.358 e. The summed E-state index contributed by atoms with van der Waals surface area (Å²) >= 11 is 0. The molecule has 1 amide bonds. The summed E-state index contributed by atoms with van der Waals surface area (Å²) in [4.78, 5) is 14.5. The molecule has 0 aliphatic rings. The van der Waals surface area contributed by atoms with E-state index in [1.165, 1.54) is 22.2 Å². The Labute approximate surface area is 101 Å². The molecule has 0 fully saturated rings. The molecular weight excluding hydrogens is 212 g/mol. The average Bonchev–Trinajstić information content (AvgIpc) is 2.66. The van der Waals surface area contributed by atoms with Gasteiger partial charge in [0.2, 0.25) is 5.91 Å². The summed E-state index contributed by atoms with van der Waals surface area (Å²) in [6.07, 6.45) is 1.43. The zero-order valence-electron chi connectivity index (χ0n) is 10.3. The number of aromatic nitrogens is 1. The van der Waals surface area contributed by atoms with Crippen molar-refractivity contribution in [2.45, 2.75) is 26.7 Å². The van der Waals surface area contributed by atoms with Crippen LogP contribution in [0.15, 0.2) is 24.3 Å². The second-order valence-electron chi connectivity index (χ2n) is 4.23. The van der Waals surface area contributed by atoms with E-state index in [1.807, 2.05) is 19.1 Å². The Balaban J connectivity index is 2.12. The first-order valence-corrected chi connectivity index (χ1v) is 6.05. The molecular formula is C14H18N2O. The fourth-order valence-electron chi connectivity index (χ4n) is 2.11. The molecule has 90 valence electrons. The Kier molecular flexibility index (Phi) is 3.47. The molecule has 0 radical (unpaired) electrons. The van der Waals surface area contributed by atoms with Gasteiger partial charge < -0.3 is 10.3 Å². The van der Waals surface area contributed by atoms with Crippen molar-refractivity contribution in [2.75, 3.05) is 6.54 Å². The maximum Gasteiger partial charge on any atom is 0.219 e. The lowest BCUT2D eigenvalue weighted by Gasteiger charge is -2.04. The second-order valence-corrected chi connectivity index (χ2v) is 4.23. The standard InChI is InChI=1S/C14H18N2O/c1-3-14(17)15-9-8-11-10(2)16-13-7-5-4-6-12(11)13/h4-7,16H,3,8-9H2,1-2H3,(H,15,17). The summed E-state index contributed by atoms with van der Waals surface area (Å²) in [5.41, 5.74) is 3.66. The lowest BCUT2D eigenvalue weighted by Crippen LogP contribution is -2.24. The van der Waals surface area contributed by atoms with E-state index in [0.717, 1.165) is 6.42 Å². The molecule has 2 N–H and O–H groups in total. The Morgan fingerprint density at radius 2 is 2.12 bits per heavy atom. The summed E-state index contributed by atoms with van der Waals surface area (Å²) in [6, 6.07) is 8.27. The van der Waals surface area contributed by atoms with Crippen molar-refractivity contribution < 1.29 is 4.79 Å². The summed E-state index contributed by atoms with van der Waals surface area (Å²) < 4.78 is 0.